The van der Waals surface area contributed by atoms with Crippen molar-refractivity contribution in [1.29, 1.82) is 0 Å². The first-order chi connectivity index (χ1) is 18.3. The Balaban J connectivity index is 3.06. The van der Waals surface area contributed by atoms with Crippen LogP contribution in [0.3, 0.4) is 0 Å². The molecule has 0 spiro atoms. The summed E-state index contributed by atoms with van der Waals surface area (Å²) in [5.74, 6) is 0. The quantitative estimate of drug-likeness (QED) is 0.117. The van der Waals surface area contributed by atoms with Crippen LogP contribution in [0.1, 0.15) is 39.0 Å². The Hall–Kier alpha value is -0.440. The summed E-state index contributed by atoms with van der Waals surface area (Å²) in [7, 11) is 0. The van der Waals surface area contributed by atoms with Gasteiger partial charge in [0.2, 0.25) is 0 Å². The molecule has 37 heavy (non-hydrogen) atoms. The fourth-order valence-electron chi connectivity index (χ4n) is 2.93. The fourth-order valence-corrected chi connectivity index (χ4v) is 2.93. The molecule has 0 fully saturated rings. The maximum atomic E-state index is 9.82. The molecule has 0 rings (SSSR count). The molecule has 11 heteroatoms. The van der Waals surface area contributed by atoms with Gasteiger partial charge in [-0.2, -0.15) is 0 Å². The summed E-state index contributed by atoms with van der Waals surface area (Å²) in [6, 6.07) is 0. The van der Waals surface area contributed by atoms with Gasteiger partial charge in [0.15, 0.2) is 0 Å². The van der Waals surface area contributed by atoms with Gasteiger partial charge in [-0.3, -0.25) is 0 Å². The van der Waals surface area contributed by atoms with Crippen molar-refractivity contribution >= 4 is 0 Å². The van der Waals surface area contributed by atoms with Gasteiger partial charge in [-0.05, 0) is 6.42 Å². The summed E-state index contributed by atoms with van der Waals surface area (Å²) < 4.78 is 48.4. The first-order valence-electron chi connectivity index (χ1n) is 13.8. The molecule has 1 unspecified atom stereocenters. The highest BCUT2D eigenvalue weighted by atomic mass is 16.6. The molecule has 0 heterocycles. The normalized spacial score (nSPS) is 12.4. The third-order valence-electron chi connectivity index (χ3n) is 4.91. The molecule has 0 aromatic rings. The number of hydrogen-bond donors (Lipinski definition) is 2. The van der Waals surface area contributed by atoms with E-state index in [2.05, 4.69) is 6.92 Å². The summed E-state index contributed by atoms with van der Waals surface area (Å²) in [4.78, 5) is 0. The number of rotatable bonds is 33. The van der Waals surface area contributed by atoms with Gasteiger partial charge >= 0.3 is 0 Å². The molecule has 1 atom stereocenters. The number of ether oxygens (including phenoxy) is 9. The molecule has 0 aromatic heterocycles. The van der Waals surface area contributed by atoms with Crippen LogP contribution in [0.5, 0.6) is 0 Å². The van der Waals surface area contributed by atoms with E-state index < -0.39 is 0 Å². The van der Waals surface area contributed by atoms with E-state index in [9.17, 15) is 5.11 Å². The molecule has 0 radical (unpaired) electrons. The zero-order chi connectivity index (χ0) is 26.9. The van der Waals surface area contributed by atoms with Crippen molar-refractivity contribution in [3.8, 4) is 0 Å². The SMILES string of the molecule is CCCCCCC(O)COCCOCCOCCOCCOCCOCCOCCOCCOCCO. The van der Waals surface area contributed by atoms with Gasteiger partial charge in [0.05, 0.1) is 132 Å². The summed E-state index contributed by atoms with van der Waals surface area (Å²) >= 11 is 0. The Bertz CT molecular complexity index is 405. The molecular weight excluding hydrogens is 488 g/mol. The maximum absolute atomic E-state index is 9.82. The summed E-state index contributed by atoms with van der Waals surface area (Å²) in [6.45, 7) is 11.0. The third kappa shape index (κ3) is 33.5. The third-order valence-corrected chi connectivity index (χ3v) is 4.91. The molecule has 0 amide bonds. The summed E-state index contributed by atoms with van der Waals surface area (Å²) in [5.41, 5.74) is 0. The molecule has 224 valence electrons. The van der Waals surface area contributed by atoms with Crippen LogP contribution in [0.4, 0.5) is 0 Å². The van der Waals surface area contributed by atoms with Gasteiger partial charge < -0.3 is 52.8 Å². The zero-order valence-electron chi connectivity index (χ0n) is 23.1. The molecule has 11 nitrogen and oxygen atoms in total. The maximum Gasteiger partial charge on any atom is 0.0773 e. The number of aliphatic hydroxyl groups excluding tert-OH is 2. The Morgan fingerprint density at radius 3 is 1.08 bits per heavy atom. The standard InChI is InChI=1S/C26H54O11/c1-2-3-4-5-6-26(28)25-37-24-23-36-22-21-35-20-19-34-18-17-33-16-15-32-14-13-31-12-11-30-10-9-29-8-7-27/h26-28H,2-25H2,1H3. The molecule has 0 aliphatic rings. The van der Waals surface area contributed by atoms with E-state index >= 15 is 0 Å². The van der Waals surface area contributed by atoms with E-state index in [4.69, 9.17) is 47.7 Å². The molecule has 0 saturated heterocycles. The summed E-state index contributed by atoms with van der Waals surface area (Å²) in [6.07, 6.45) is 5.08. The van der Waals surface area contributed by atoms with E-state index in [1.54, 1.807) is 0 Å². The minimum absolute atomic E-state index is 0.0276. The predicted molar refractivity (Wildman–Crippen MR) is 139 cm³/mol. The lowest BCUT2D eigenvalue weighted by molar-refractivity contribution is -0.0286. The second-order valence-corrected chi connectivity index (χ2v) is 8.20. The molecule has 0 aliphatic heterocycles. The predicted octanol–water partition coefficient (Wildman–Crippen LogP) is 1.46. The van der Waals surface area contributed by atoms with Gasteiger partial charge in [-0.1, -0.05) is 32.6 Å². The number of hydrogen-bond acceptors (Lipinski definition) is 11. The highest BCUT2D eigenvalue weighted by molar-refractivity contribution is 4.54. The second-order valence-electron chi connectivity index (χ2n) is 8.20. The minimum atomic E-state index is -0.378. The first-order valence-corrected chi connectivity index (χ1v) is 13.8. The Labute approximate surface area is 223 Å². The van der Waals surface area contributed by atoms with Crippen molar-refractivity contribution in [2.24, 2.45) is 0 Å². The van der Waals surface area contributed by atoms with Gasteiger partial charge in [0.1, 0.15) is 0 Å². The van der Waals surface area contributed by atoms with Gasteiger partial charge in [0, 0.05) is 0 Å². The van der Waals surface area contributed by atoms with Crippen LogP contribution in [0, 0.1) is 0 Å². The van der Waals surface area contributed by atoms with Crippen LogP contribution < -0.4 is 0 Å². The zero-order valence-corrected chi connectivity index (χ0v) is 23.1. The largest absolute Gasteiger partial charge is 0.394 e. The van der Waals surface area contributed by atoms with Crippen molar-refractivity contribution in [2.75, 3.05) is 126 Å². The van der Waals surface area contributed by atoms with Crippen molar-refractivity contribution in [1.82, 2.24) is 0 Å². The number of unbranched alkanes of at least 4 members (excludes halogenated alkanes) is 3. The van der Waals surface area contributed by atoms with Crippen LogP contribution in [0.2, 0.25) is 0 Å². The Morgan fingerprint density at radius 1 is 0.432 bits per heavy atom. The van der Waals surface area contributed by atoms with E-state index in [1.165, 1.54) is 19.3 Å². The average molecular weight is 543 g/mol. The van der Waals surface area contributed by atoms with Crippen LogP contribution in [-0.4, -0.2) is 142 Å². The number of aliphatic hydroxyl groups is 2. The topological polar surface area (TPSA) is 124 Å². The van der Waals surface area contributed by atoms with E-state index in [0.717, 1.165) is 12.8 Å². The molecule has 0 aliphatic carbocycles. The molecule has 0 bridgehead atoms. The average Bonchev–Trinajstić information content (AvgIpc) is 2.90. The lowest BCUT2D eigenvalue weighted by atomic mass is 10.1. The highest BCUT2D eigenvalue weighted by Gasteiger charge is 2.03. The summed E-state index contributed by atoms with van der Waals surface area (Å²) in [5, 5.41) is 18.4. The highest BCUT2D eigenvalue weighted by Crippen LogP contribution is 2.05. The molecule has 2 N–H and O–H groups in total. The van der Waals surface area contributed by atoms with Gasteiger partial charge in [-0.25, -0.2) is 0 Å². The van der Waals surface area contributed by atoms with E-state index in [-0.39, 0.29) is 12.7 Å². The fraction of sp³-hybridized carbons (Fsp3) is 1.00. The van der Waals surface area contributed by atoms with Crippen molar-refractivity contribution < 1.29 is 52.8 Å². The van der Waals surface area contributed by atoms with Crippen molar-refractivity contribution in [2.45, 2.75) is 45.1 Å². The van der Waals surface area contributed by atoms with Crippen LogP contribution in [0.25, 0.3) is 0 Å². The Morgan fingerprint density at radius 2 is 0.757 bits per heavy atom. The van der Waals surface area contributed by atoms with Crippen LogP contribution in [-0.2, 0) is 42.6 Å². The first kappa shape index (κ1) is 36.6. The smallest absolute Gasteiger partial charge is 0.0773 e. The minimum Gasteiger partial charge on any atom is -0.394 e. The monoisotopic (exact) mass is 542 g/mol. The van der Waals surface area contributed by atoms with Crippen LogP contribution in [0.15, 0.2) is 0 Å². The molecule has 0 aromatic carbocycles. The lowest BCUT2D eigenvalue weighted by Gasteiger charge is -2.11. The van der Waals surface area contributed by atoms with Crippen LogP contribution >= 0.6 is 0 Å². The second kappa shape index (κ2) is 33.6. The Kier molecular flexibility index (Phi) is 33.2. The lowest BCUT2D eigenvalue weighted by Crippen LogP contribution is -2.18. The van der Waals surface area contributed by atoms with Gasteiger partial charge in [-0.15, -0.1) is 0 Å². The molecule has 0 saturated carbocycles. The van der Waals surface area contributed by atoms with Gasteiger partial charge in [0.25, 0.3) is 0 Å². The van der Waals surface area contributed by atoms with E-state index in [1.807, 2.05) is 0 Å². The van der Waals surface area contributed by atoms with Crippen molar-refractivity contribution in [3.63, 3.8) is 0 Å². The molecular formula is C26H54O11. The van der Waals surface area contributed by atoms with E-state index in [0.29, 0.717) is 119 Å². The van der Waals surface area contributed by atoms with Crippen molar-refractivity contribution in [3.05, 3.63) is 0 Å².